The molecule has 1 saturated heterocycles. The lowest BCUT2D eigenvalue weighted by Gasteiger charge is -2.37. The van der Waals surface area contributed by atoms with Crippen LogP contribution >= 0.6 is 0 Å². The number of ether oxygens (including phenoxy) is 1. The van der Waals surface area contributed by atoms with Crippen molar-refractivity contribution in [1.82, 2.24) is 5.32 Å². The Labute approximate surface area is 84.3 Å². The Balaban J connectivity index is 1.99. The SMILES string of the molecule is c1ccc2c(c1)CC[C@@H]1NCCO[C@@H]21. The van der Waals surface area contributed by atoms with Gasteiger partial charge in [-0.05, 0) is 24.0 Å². The summed E-state index contributed by atoms with van der Waals surface area (Å²) < 4.78 is 5.85. The number of nitrogens with one attached hydrogen (secondary N) is 1. The van der Waals surface area contributed by atoms with Crippen molar-refractivity contribution in [3.8, 4) is 0 Å². The van der Waals surface area contributed by atoms with Gasteiger partial charge in [0.2, 0.25) is 0 Å². The molecule has 74 valence electrons. The smallest absolute Gasteiger partial charge is 0.0981 e. The predicted molar refractivity (Wildman–Crippen MR) is 55.2 cm³/mol. The summed E-state index contributed by atoms with van der Waals surface area (Å²) in [6, 6.07) is 9.20. The number of benzene rings is 1. The van der Waals surface area contributed by atoms with Crippen LogP contribution in [-0.4, -0.2) is 19.2 Å². The summed E-state index contributed by atoms with van der Waals surface area (Å²) in [5.74, 6) is 0. The molecule has 2 aliphatic rings. The van der Waals surface area contributed by atoms with E-state index in [2.05, 4.69) is 29.6 Å². The fraction of sp³-hybridized carbons (Fsp3) is 0.500. The van der Waals surface area contributed by atoms with Crippen LogP contribution in [0.5, 0.6) is 0 Å². The largest absolute Gasteiger partial charge is 0.371 e. The van der Waals surface area contributed by atoms with Crippen molar-refractivity contribution in [1.29, 1.82) is 0 Å². The summed E-state index contributed by atoms with van der Waals surface area (Å²) in [6.45, 7) is 1.85. The number of hydrogen-bond acceptors (Lipinski definition) is 2. The van der Waals surface area contributed by atoms with Crippen LogP contribution in [0.25, 0.3) is 0 Å². The zero-order chi connectivity index (χ0) is 9.38. The highest BCUT2D eigenvalue weighted by Crippen LogP contribution is 2.33. The summed E-state index contributed by atoms with van der Waals surface area (Å²) in [7, 11) is 0. The number of aryl methyl sites for hydroxylation is 1. The highest BCUT2D eigenvalue weighted by molar-refractivity contribution is 5.33. The van der Waals surface area contributed by atoms with E-state index in [9.17, 15) is 0 Å². The van der Waals surface area contributed by atoms with Crippen LogP contribution in [0.2, 0.25) is 0 Å². The molecule has 1 N–H and O–H groups in total. The van der Waals surface area contributed by atoms with Gasteiger partial charge in [-0.25, -0.2) is 0 Å². The van der Waals surface area contributed by atoms with Gasteiger partial charge in [0.15, 0.2) is 0 Å². The van der Waals surface area contributed by atoms with Crippen molar-refractivity contribution in [2.24, 2.45) is 0 Å². The molecular formula is C12H15NO. The maximum atomic E-state index is 5.85. The summed E-state index contributed by atoms with van der Waals surface area (Å²) in [4.78, 5) is 0. The van der Waals surface area contributed by atoms with Gasteiger partial charge < -0.3 is 10.1 Å². The predicted octanol–water partition coefficient (Wildman–Crippen LogP) is 1.66. The van der Waals surface area contributed by atoms with Crippen molar-refractivity contribution >= 4 is 0 Å². The van der Waals surface area contributed by atoms with E-state index in [-0.39, 0.29) is 0 Å². The van der Waals surface area contributed by atoms with Gasteiger partial charge in [0.1, 0.15) is 0 Å². The van der Waals surface area contributed by atoms with E-state index in [4.69, 9.17) is 4.74 Å². The summed E-state index contributed by atoms with van der Waals surface area (Å²) in [6.07, 6.45) is 2.70. The lowest BCUT2D eigenvalue weighted by Crippen LogP contribution is -2.45. The molecule has 0 aromatic heterocycles. The maximum Gasteiger partial charge on any atom is 0.0981 e. The van der Waals surface area contributed by atoms with E-state index < -0.39 is 0 Å². The van der Waals surface area contributed by atoms with Gasteiger partial charge in [-0.1, -0.05) is 24.3 Å². The van der Waals surface area contributed by atoms with Gasteiger partial charge in [-0.3, -0.25) is 0 Å². The second-order valence-corrected chi connectivity index (χ2v) is 4.09. The normalized spacial score (nSPS) is 30.6. The van der Waals surface area contributed by atoms with Crippen LogP contribution in [0.1, 0.15) is 23.7 Å². The molecule has 3 rings (SSSR count). The Morgan fingerprint density at radius 1 is 1.29 bits per heavy atom. The molecule has 2 heteroatoms. The highest BCUT2D eigenvalue weighted by Gasteiger charge is 2.31. The molecule has 0 spiro atoms. The second-order valence-electron chi connectivity index (χ2n) is 4.09. The van der Waals surface area contributed by atoms with Gasteiger partial charge in [-0.2, -0.15) is 0 Å². The van der Waals surface area contributed by atoms with Crippen LogP contribution < -0.4 is 5.32 Å². The van der Waals surface area contributed by atoms with Crippen molar-refractivity contribution in [2.75, 3.05) is 13.2 Å². The molecular weight excluding hydrogens is 174 g/mol. The fourth-order valence-corrected chi connectivity index (χ4v) is 2.56. The minimum absolute atomic E-state index is 0.300. The van der Waals surface area contributed by atoms with E-state index in [1.165, 1.54) is 24.0 Å². The van der Waals surface area contributed by atoms with Gasteiger partial charge in [0.25, 0.3) is 0 Å². The average molecular weight is 189 g/mol. The number of morpholine rings is 1. The van der Waals surface area contributed by atoms with Crippen LogP contribution in [0.3, 0.4) is 0 Å². The van der Waals surface area contributed by atoms with Crippen molar-refractivity contribution < 1.29 is 4.74 Å². The van der Waals surface area contributed by atoms with E-state index in [0.29, 0.717) is 12.1 Å². The molecule has 1 fully saturated rings. The molecule has 0 radical (unpaired) electrons. The summed E-state index contributed by atoms with van der Waals surface area (Å²) in [5, 5.41) is 3.54. The molecule has 1 aliphatic carbocycles. The third-order valence-electron chi connectivity index (χ3n) is 3.26. The average Bonchev–Trinajstić information content (AvgIpc) is 2.29. The van der Waals surface area contributed by atoms with Gasteiger partial charge in [0.05, 0.1) is 12.7 Å². The molecule has 1 heterocycles. The molecule has 0 amide bonds. The van der Waals surface area contributed by atoms with Gasteiger partial charge in [0, 0.05) is 12.6 Å². The van der Waals surface area contributed by atoms with Crippen molar-refractivity contribution in [2.45, 2.75) is 25.0 Å². The molecule has 2 atom stereocenters. The van der Waals surface area contributed by atoms with Crippen LogP contribution in [-0.2, 0) is 11.2 Å². The quantitative estimate of drug-likeness (QED) is 0.670. The minimum Gasteiger partial charge on any atom is -0.371 e. The number of rotatable bonds is 0. The summed E-state index contributed by atoms with van der Waals surface area (Å²) in [5.41, 5.74) is 2.87. The van der Waals surface area contributed by atoms with Crippen molar-refractivity contribution in [3.63, 3.8) is 0 Å². The summed E-state index contributed by atoms with van der Waals surface area (Å²) >= 11 is 0. The second kappa shape index (κ2) is 3.37. The number of hydrogen-bond donors (Lipinski definition) is 1. The molecule has 1 aliphatic heterocycles. The Bertz CT molecular complexity index is 337. The maximum absolute atomic E-state index is 5.85. The molecule has 0 bridgehead atoms. The van der Waals surface area contributed by atoms with Gasteiger partial charge >= 0.3 is 0 Å². The lowest BCUT2D eigenvalue weighted by molar-refractivity contribution is -0.0127. The topological polar surface area (TPSA) is 21.3 Å². The third-order valence-corrected chi connectivity index (χ3v) is 3.26. The first-order valence-electron chi connectivity index (χ1n) is 5.38. The number of fused-ring (bicyclic) bond motifs is 3. The molecule has 1 aromatic carbocycles. The minimum atomic E-state index is 0.300. The van der Waals surface area contributed by atoms with Crippen LogP contribution in [0, 0.1) is 0 Å². The van der Waals surface area contributed by atoms with E-state index in [1.54, 1.807) is 0 Å². The molecule has 14 heavy (non-hydrogen) atoms. The third kappa shape index (κ3) is 1.26. The van der Waals surface area contributed by atoms with Crippen molar-refractivity contribution in [3.05, 3.63) is 35.4 Å². The first-order valence-corrected chi connectivity index (χ1v) is 5.38. The zero-order valence-corrected chi connectivity index (χ0v) is 8.20. The van der Waals surface area contributed by atoms with Crippen LogP contribution in [0.15, 0.2) is 24.3 Å². The first kappa shape index (κ1) is 8.45. The van der Waals surface area contributed by atoms with Crippen LogP contribution in [0.4, 0.5) is 0 Å². The van der Waals surface area contributed by atoms with E-state index in [0.717, 1.165) is 13.2 Å². The molecule has 0 saturated carbocycles. The Hall–Kier alpha value is -0.860. The van der Waals surface area contributed by atoms with E-state index >= 15 is 0 Å². The Morgan fingerprint density at radius 3 is 3.21 bits per heavy atom. The van der Waals surface area contributed by atoms with E-state index in [1.807, 2.05) is 0 Å². The Kier molecular flexibility index (Phi) is 2.03. The monoisotopic (exact) mass is 189 g/mol. The zero-order valence-electron chi connectivity index (χ0n) is 8.20. The standard InChI is InChI=1S/C12H15NO/c1-2-4-10-9(3-1)5-6-11-12(10)14-8-7-13-11/h1-4,11-13H,5-8H2/t11-,12-/m0/s1. The molecule has 2 nitrogen and oxygen atoms in total. The lowest BCUT2D eigenvalue weighted by atomic mass is 9.85. The first-order chi connectivity index (χ1) is 6.95. The Morgan fingerprint density at radius 2 is 2.21 bits per heavy atom. The fourth-order valence-electron chi connectivity index (χ4n) is 2.56. The van der Waals surface area contributed by atoms with Gasteiger partial charge in [-0.15, -0.1) is 0 Å². The highest BCUT2D eigenvalue weighted by atomic mass is 16.5. The molecule has 1 aromatic rings. The molecule has 0 unspecified atom stereocenters.